The summed E-state index contributed by atoms with van der Waals surface area (Å²) < 4.78 is 88.8. The lowest BCUT2D eigenvalue weighted by atomic mass is 10.3. The monoisotopic (exact) mass is 490 g/mol. The maximum Gasteiger partial charge on any atom is 0.483 e. The Morgan fingerprint density at radius 2 is 1.88 bits per heavy atom. The normalized spacial score (nSPS) is 14.3. The molecule has 1 amide bonds. The first-order valence-electron chi connectivity index (χ1n) is 8.92. The molecule has 0 aliphatic carbocycles. The van der Waals surface area contributed by atoms with E-state index >= 15 is 0 Å². The van der Waals surface area contributed by atoms with Gasteiger partial charge < -0.3 is 9.32 Å². The van der Waals surface area contributed by atoms with Gasteiger partial charge in [-0.15, -0.1) is 0 Å². The van der Waals surface area contributed by atoms with Gasteiger partial charge in [-0.25, -0.2) is 27.4 Å². The minimum Gasteiger partial charge on any atom is -0.435 e. The summed E-state index contributed by atoms with van der Waals surface area (Å²) in [5.41, 5.74) is -5.46. The molecular formula is C18H17F3N4O5S2. The van der Waals surface area contributed by atoms with Gasteiger partial charge in [-0.2, -0.15) is 13.2 Å². The number of pyridine rings is 1. The van der Waals surface area contributed by atoms with Crippen LogP contribution < -0.4 is 4.90 Å². The predicted octanol–water partition coefficient (Wildman–Crippen LogP) is 3.59. The Hall–Kier alpha value is -3.00. The number of nitrogens with zero attached hydrogens (tertiary/aromatic N) is 3. The number of hydrogen-bond acceptors (Lipinski definition) is 8. The van der Waals surface area contributed by atoms with Gasteiger partial charge >= 0.3 is 5.51 Å². The molecule has 32 heavy (non-hydrogen) atoms. The summed E-state index contributed by atoms with van der Waals surface area (Å²) >= 11 is 0. The van der Waals surface area contributed by atoms with Crippen LogP contribution in [0.15, 0.2) is 44.7 Å². The lowest BCUT2D eigenvalue weighted by Crippen LogP contribution is -2.23. The van der Waals surface area contributed by atoms with Crippen LogP contribution in [0.4, 0.5) is 18.9 Å². The van der Waals surface area contributed by atoms with Gasteiger partial charge in [0, 0.05) is 14.0 Å². The summed E-state index contributed by atoms with van der Waals surface area (Å²) in [6, 6.07) is 3.93. The number of carbonyl (C=O) groups is 1. The number of anilines is 1. The second kappa shape index (κ2) is 7.85. The summed E-state index contributed by atoms with van der Waals surface area (Å²) in [6.07, 6.45) is 1.23. The van der Waals surface area contributed by atoms with E-state index < -0.39 is 30.0 Å². The molecule has 0 saturated heterocycles. The molecular weight excluding hydrogens is 473 g/mol. The number of hydrogen-bond donors (Lipinski definition) is 1. The molecule has 0 bridgehead atoms. The van der Waals surface area contributed by atoms with Gasteiger partial charge in [0.1, 0.15) is 16.1 Å². The average Bonchev–Trinajstić information content (AvgIpc) is 3.15. The van der Waals surface area contributed by atoms with Crippen molar-refractivity contribution in [2.45, 2.75) is 29.1 Å². The van der Waals surface area contributed by atoms with Crippen LogP contribution in [-0.4, -0.2) is 46.8 Å². The molecule has 0 aliphatic heterocycles. The fourth-order valence-electron chi connectivity index (χ4n) is 2.67. The summed E-state index contributed by atoms with van der Waals surface area (Å²) in [5, 5.41) is 0. The fourth-order valence-corrected chi connectivity index (χ4v) is 4.52. The Balaban J connectivity index is 2.21. The molecule has 0 aliphatic rings. The van der Waals surface area contributed by atoms with Crippen LogP contribution in [0, 0.1) is 4.78 Å². The zero-order chi connectivity index (χ0) is 24.1. The van der Waals surface area contributed by atoms with Crippen molar-refractivity contribution in [3.8, 4) is 11.6 Å². The first-order chi connectivity index (χ1) is 14.7. The number of halogens is 3. The zero-order valence-corrected chi connectivity index (χ0v) is 18.6. The van der Waals surface area contributed by atoms with Gasteiger partial charge in [0.15, 0.2) is 25.1 Å². The zero-order valence-electron chi connectivity index (χ0n) is 16.9. The van der Waals surface area contributed by atoms with Crippen LogP contribution in [0.25, 0.3) is 22.7 Å². The second-order valence-electron chi connectivity index (χ2n) is 6.67. The van der Waals surface area contributed by atoms with Crippen molar-refractivity contribution in [2.24, 2.45) is 0 Å². The van der Waals surface area contributed by atoms with Crippen LogP contribution in [0.5, 0.6) is 0 Å². The highest BCUT2D eigenvalue weighted by molar-refractivity contribution is 7.93. The lowest BCUT2D eigenvalue weighted by molar-refractivity contribution is -0.116. The number of rotatable bonds is 5. The van der Waals surface area contributed by atoms with Crippen LogP contribution in [0.2, 0.25) is 0 Å². The van der Waals surface area contributed by atoms with Crippen molar-refractivity contribution in [3.63, 3.8) is 0 Å². The van der Waals surface area contributed by atoms with Gasteiger partial charge in [-0.3, -0.25) is 4.79 Å². The Kier molecular flexibility index (Phi) is 5.80. The Morgan fingerprint density at radius 1 is 1.22 bits per heavy atom. The lowest BCUT2D eigenvalue weighted by Gasteiger charge is -2.16. The van der Waals surface area contributed by atoms with Gasteiger partial charge in [0.2, 0.25) is 11.8 Å². The molecule has 1 atom stereocenters. The number of oxazole rings is 1. The molecule has 0 fully saturated rings. The van der Waals surface area contributed by atoms with Gasteiger partial charge in [0.05, 0.1) is 22.5 Å². The van der Waals surface area contributed by atoms with Crippen LogP contribution in [0.1, 0.15) is 13.8 Å². The van der Waals surface area contributed by atoms with Crippen molar-refractivity contribution >= 4 is 42.3 Å². The third-order valence-corrected chi connectivity index (χ3v) is 7.94. The van der Waals surface area contributed by atoms with Gasteiger partial charge in [-0.05, 0) is 24.3 Å². The standard InChI is InChI=1S/C18H17F3N4O5S2/c1-4-31(27,28)15-7-11(25(3)10(2)26)9-23-16(15)17-24-13-8-12(5-6-14(13)30-17)32(22,29)18(19,20)21/h5-9,22H,4H2,1-3H3. The van der Waals surface area contributed by atoms with Crippen molar-refractivity contribution in [2.75, 3.05) is 17.7 Å². The summed E-state index contributed by atoms with van der Waals surface area (Å²) in [6.45, 7) is 2.69. The number of aromatic nitrogens is 2. The topological polar surface area (TPSA) is 134 Å². The highest BCUT2D eigenvalue weighted by atomic mass is 32.2. The van der Waals surface area contributed by atoms with Crippen molar-refractivity contribution in [1.82, 2.24) is 9.97 Å². The number of carbonyl (C=O) groups excluding carboxylic acids is 1. The highest BCUT2D eigenvalue weighted by Gasteiger charge is 2.43. The maximum atomic E-state index is 13.0. The number of benzene rings is 1. The van der Waals surface area contributed by atoms with Crippen molar-refractivity contribution in [3.05, 3.63) is 30.5 Å². The van der Waals surface area contributed by atoms with E-state index in [1.807, 2.05) is 0 Å². The molecule has 3 aromatic rings. The van der Waals surface area contributed by atoms with Crippen LogP contribution >= 0.6 is 0 Å². The number of sulfone groups is 1. The van der Waals surface area contributed by atoms with Gasteiger partial charge in [0.25, 0.3) is 0 Å². The van der Waals surface area contributed by atoms with E-state index in [1.54, 1.807) is 0 Å². The minimum atomic E-state index is -5.28. The smallest absolute Gasteiger partial charge is 0.435 e. The molecule has 0 radical (unpaired) electrons. The highest BCUT2D eigenvalue weighted by Crippen LogP contribution is 2.35. The molecule has 1 unspecified atom stereocenters. The van der Waals surface area contributed by atoms with E-state index in [0.29, 0.717) is 0 Å². The average molecular weight is 490 g/mol. The number of amides is 1. The molecule has 0 spiro atoms. The Bertz CT molecular complexity index is 1430. The number of fused-ring (bicyclic) bond motifs is 1. The summed E-state index contributed by atoms with van der Waals surface area (Å²) in [7, 11) is -7.55. The maximum absolute atomic E-state index is 13.0. The van der Waals surface area contributed by atoms with E-state index in [4.69, 9.17) is 9.20 Å². The molecule has 2 aromatic heterocycles. The number of alkyl halides is 3. The molecule has 0 saturated carbocycles. The molecule has 14 heteroatoms. The quantitative estimate of drug-likeness (QED) is 0.577. The second-order valence-corrected chi connectivity index (χ2v) is 11.0. The Morgan fingerprint density at radius 3 is 2.44 bits per heavy atom. The molecule has 3 rings (SSSR count). The van der Waals surface area contributed by atoms with Crippen LogP contribution in [0.3, 0.4) is 0 Å². The third-order valence-electron chi connectivity index (χ3n) is 4.63. The molecule has 172 valence electrons. The van der Waals surface area contributed by atoms with Gasteiger partial charge in [-0.1, -0.05) is 6.92 Å². The number of nitrogens with one attached hydrogen (secondary N) is 1. The van der Waals surface area contributed by atoms with Crippen LogP contribution in [-0.2, 0) is 24.4 Å². The van der Waals surface area contributed by atoms with Crippen molar-refractivity contribution in [1.29, 1.82) is 4.78 Å². The van der Waals surface area contributed by atoms with E-state index in [-0.39, 0.29) is 44.9 Å². The largest absolute Gasteiger partial charge is 0.483 e. The minimum absolute atomic E-state index is 0.0206. The fraction of sp³-hybridized carbons (Fsp3) is 0.278. The first kappa shape index (κ1) is 23.7. The molecule has 2 heterocycles. The summed E-state index contributed by atoms with van der Waals surface area (Å²) in [4.78, 5) is 19.8. The molecule has 9 nitrogen and oxygen atoms in total. The van der Waals surface area contributed by atoms with E-state index in [2.05, 4.69) is 9.97 Å². The molecule has 1 N–H and O–H groups in total. The SMILES string of the molecule is CCS(=O)(=O)c1cc(N(C)C(C)=O)cnc1-c1nc2cc(S(=N)(=O)C(F)(F)F)ccc2o1. The molecule has 1 aromatic carbocycles. The predicted molar refractivity (Wildman–Crippen MR) is 109 cm³/mol. The Labute approximate surface area is 181 Å². The van der Waals surface area contributed by atoms with Crippen molar-refractivity contribution < 1.29 is 35.0 Å². The first-order valence-corrected chi connectivity index (χ1v) is 12.1. The third kappa shape index (κ3) is 4.07. The van der Waals surface area contributed by atoms with E-state index in [9.17, 15) is 30.6 Å². The van der Waals surface area contributed by atoms with E-state index in [0.717, 1.165) is 18.2 Å². The summed E-state index contributed by atoms with van der Waals surface area (Å²) in [5.74, 6) is -0.965. The van der Waals surface area contributed by atoms with E-state index in [1.165, 1.54) is 38.1 Å².